The Morgan fingerprint density at radius 3 is 2.48 bits per heavy atom. The molecule has 144 valence electrons. The highest BCUT2D eigenvalue weighted by Crippen LogP contribution is 2.40. The van der Waals surface area contributed by atoms with Crippen molar-refractivity contribution in [2.75, 3.05) is 18.9 Å². The van der Waals surface area contributed by atoms with Crippen molar-refractivity contribution in [2.45, 2.75) is 63.3 Å². The molecule has 27 heavy (non-hydrogen) atoms. The molecule has 0 radical (unpaired) electrons. The Hall–Kier alpha value is -2.14. The molecule has 2 aliphatic carbocycles. The van der Waals surface area contributed by atoms with Crippen LogP contribution in [0.3, 0.4) is 0 Å². The topological polar surface area (TPSA) is 50.2 Å². The molecule has 1 heterocycles. The lowest BCUT2D eigenvalue weighted by molar-refractivity contribution is -0.117. The van der Waals surface area contributed by atoms with Gasteiger partial charge in [-0.3, -0.25) is 9.69 Å². The molecule has 1 N–H and O–H groups in total. The number of hydrogen-bond donors (Lipinski definition) is 1. The van der Waals surface area contributed by atoms with Crippen LogP contribution in [-0.4, -0.2) is 40.2 Å². The SMILES string of the molecule is CN(CC(=O)Nc1cc(C2CC2)nn1-c1ccccc1)C1CCCCCC1. The van der Waals surface area contributed by atoms with E-state index in [2.05, 4.69) is 17.3 Å². The smallest absolute Gasteiger partial charge is 0.239 e. The number of benzene rings is 1. The summed E-state index contributed by atoms with van der Waals surface area (Å²) >= 11 is 0. The lowest BCUT2D eigenvalue weighted by Crippen LogP contribution is -2.38. The van der Waals surface area contributed by atoms with Gasteiger partial charge >= 0.3 is 0 Å². The van der Waals surface area contributed by atoms with E-state index in [0.717, 1.165) is 17.2 Å². The van der Waals surface area contributed by atoms with Crippen LogP contribution in [0.5, 0.6) is 0 Å². The number of carbonyl (C=O) groups is 1. The molecule has 5 heteroatoms. The highest BCUT2D eigenvalue weighted by Gasteiger charge is 2.28. The van der Waals surface area contributed by atoms with Crippen LogP contribution >= 0.6 is 0 Å². The minimum atomic E-state index is 0.0428. The largest absolute Gasteiger partial charge is 0.309 e. The van der Waals surface area contributed by atoms with Gasteiger partial charge in [0.15, 0.2) is 0 Å². The molecule has 2 aliphatic rings. The number of anilines is 1. The third kappa shape index (κ3) is 4.59. The van der Waals surface area contributed by atoms with E-state index in [0.29, 0.717) is 18.5 Å². The first-order chi connectivity index (χ1) is 13.2. The molecule has 0 spiro atoms. The third-order valence-corrected chi connectivity index (χ3v) is 5.83. The number of nitrogens with one attached hydrogen (secondary N) is 1. The quantitative estimate of drug-likeness (QED) is 0.774. The maximum absolute atomic E-state index is 12.7. The van der Waals surface area contributed by atoms with Crippen LogP contribution in [0.15, 0.2) is 36.4 Å². The Balaban J connectivity index is 1.45. The second kappa shape index (κ2) is 8.26. The minimum absolute atomic E-state index is 0.0428. The molecular formula is C22H30N4O. The monoisotopic (exact) mass is 366 g/mol. The Morgan fingerprint density at radius 2 is 1.81 bits per heavy atom. The molecule has 2 saturated carbocycles. The summed E-state index contributed by atoms with van der Waals surface area (Å²) in [7, 11) is 2.08. The maximum Gasteiger partial charge on any atom is 0.239 e. The number of likely N-dealkylation sites (N-methyl/N-ethyl adjacent to an activating group) is 1. The van der Waals surface area contributed by atoms with Gasteiger partial charge in [0.25, 0.3) is 0 Å². The summed E-state index contributed by atoms with van der Waals surface area (Å²) in [6.45, 7) is 0.434. The molecule has 0 bridgehead atoms. The molecule has 0 aliphatic heterocycles. The van der Waals surface area contributed by atoms with Crippen molar-refractivity contribution in [2.24, 2.45) is 0 Å². The second-order valence-electron chi connectivity index (χ2n) is 8.08. The van der Waals surface area contributed by atoms with Crippen molar-refractivity contribution in [1.29, 1.82) is 0 Å². The number of rotatable bonds is 6. The first-order valence-electron chi connectivity index (χ1n) is 10.4. The zero-order chi connectivity index (χ0) is 18.6. The van der Waals surface area contributed by atoms with Gasteiger partial charge in [0, 0.05) is 18.0 Å². The standard InChI is InChI=1S/C22H30N4O/c1-25(18-9-5-2-3-6-10-18)16-22(27)23-21-15-20(17-13-14-17)24-26(21)19-11-7-4-8-12-19/h4,7-8,11-12,15,17-18H,2-3,5-6,9-10,13-14,16H2,1H3,(H,23,27). The number of aromatic nitrogens is 2. The molecular weight excluding hydrogens is 336 g/mol. The van der Waals surface area contributed by atoms with Gasteiger partial charge in [0.1, 0.15) is 5.82 Å². The van der Waals surface area contributed by atoms with Crippen LogP contribution < -0.4 is 5.32 Å². The van der Waals surface area contributed by atoms with Gasteiger partial charge < -0.3 is 5.32 Å². The number of amides is 1. The van der Waals surface area contributed by atoms with E-state index in [1.807, 2.05) is 41.1 Å². The molecule has 2 fully saturated rings. The minimum Gasteiger partial charge on any atom is -0.309 e. The summed E-state index contributed by atoms with van der Waals surface area (Å²) in [6.07, 6.45) is 10.0. The van der Waals surface area contributed by atoms with Crippen molar-refractivity contribution in [3.05, 3.63) is 42.1 Å². The van der Waals surface area contributed by atoms with Crippen LogP contribution in [0.25, 0.3) is 5.69 Å². The van der Waals surface area contributed by atoms with Gasteiger partial charge in [-0.1, -0.05) is 43.9 Å². The Morgan fingerprint density at radius 1 is 1.11 bits per heavy atom. The van der Waals surface area contributed by atoms with Crippen molar-refractivity contribution in [3.8, 4) is 5.69 Å². The van der Waals surface area contributed by atoms with E-state index in [1.54, 1.807) is 0 Å². The highest BCUT2D eigenvalue weighted by atomic mass is 16.2. The predicted molar refractivity (Wildman–Crippen MR) is 108 cm³/mol. The fourth-order valence-electron chi connectivity index (χ4n) is 4.07. The van der Waals surface area contributed by atoms with E-state index in [4.69, 9.17) is 5.10 Å². The van der Waals surface area contributed by atoms with Gasteiger partial charge in [-0.25, -0.2) is 4.68 Å². The maximum atomic E-state index is 12.7. The number of carbonyl (C=O) groups excluding carboxylic acids is 1. The molecule has 0 saturated heterocycles. The van der Waals surface area contributed by atoms with Gasteiger partial charge in [-0.05, 0) is 44.9 Å². The fourth-order valence-corrected chi connectivity index (χ4v) is 4.07. The Bertz CT molecular complexity index is 758. The van der Waals surface area contributed by atoms with Crippen LogP contribution in [0, 0.1) is 0 Å². The summed E-state index contributed by atoms with van der Waals surface area (Å²) in [6, 6.07) is 12.6. The van der Waals surface area contributed by atoms with Gasteiger partial charge in [0.2, 0.25) is 5.91 Å². The lowest BCUT2D eigenvalue weighted by atomic mass is 10.1. The molecule has 1 aromatic heterocycles. The van der Waals surface area contributed by atoms with Crippen molar-refractivity contribution in [3.63, 3.8) is 0 Å². The fraction of sp³-hybridized carbons (Fsp3) is 0.545. The van der Waals surface area contributed by atoms with Crippen molar-refractivity contribution < 1.29 is 4.79 Å². The van der Waals surface area contributed by atoms with Crippen LogP contribution in [0.1, 0.15) is 63.0 Å². The first-order valence-corrected chi connectivity index (χ1v) is 10.4. The molecule has 4 rings (SSSR count). The summed E-state index contributed by atoms with van der Waals surface area (Å²) in [5, 5.41) is 7.88. The molecule has 1 amide bonds. The molecule has 2 aromatic rings. The molecule has 5 nitrogen and oxygen atoms in total. The predicted octanol–water partition coefficient (Wildman–Crippen LogP) is 4.34. The molecule has 0 unspecified atom stereocenters. The van der Waals surface area contributed by atoms with Gasteiger partial charge in [-0.2, -0.15) is 5.10 Å². The van der Waals surface area contributed by atoms with Gasteiger partial charge in [-0.15, -0.1) is 0 Å². The summed E-state index contributed by atoms with van der Waals surface area (Å²) in [4.78, 5) is 15.0. The summed E-state index contributed by atoms with van der Waals surface area (Å²) in [5.74, 6) is 1.38. The van der Waals surface area contributed by atoms with E-state index >= 15 is 0 Å². The normalized spacial score (nSPS) is 18.4. The summed E-state index contributed by atoms with van der Waals surface area (Å²) in [5.41, 5.74) is 2.07. The Kier molecular flexibility index (Phi) is 5.58. The number of hydrogen-bond acceptors (Lipinski definition) is 3. The van der Waals surface area contributed by atoms with Gasteiger partial charge in [0.05, 0.1) is 17.9 Å². The lowest BCUT2D eigenvalue weighted by Gasteiger charge is -2.26. The highest BCUT2D eigenvalue weighted by molar-refractivity contribution is 5.91. The molecule has 1 aromatic carbocycles. The van der Waals surface area contributed by atoms with E-state index in [1.165, 1.54) is 51.4 Å². The average Bonchev–Trinajstić information content (AvgIpc) is 3.48. The first kappa shape index (κ1) is 18.2. The van der Waals surface area contributed by atoms with Crippen molar-refractivity contribution in [1.82, 2.24) is 14.7 Å². The van der Waals surface area contributed by atoms with E-state index in [9.17, 15) is 4.79 Å². The van der Waals surface area contributed by atoms with E-state index in [-0.39, 0.29) is 5.91 Å². The number of nitrogens with zero attached hydrogens (tertiary/aromatic N) is 3. The zero-order valence-corrected chi connectivity index (χ0v) is 16.2. The average molecular weight is 367 g/mol. The number of para-hydroxylation sites is 1. The van der Waals surface area contributed by atoms with Crippen LogP contribution in [0.2, 0.25) is 0 Å². The Labute approximate surface area is 161 Å². The molecule has 0 atom stereocenters. The van der Waals surface area contributed by atoms with Crippen LogP contribution in [-0.2, 0) is 4.79 Å². The van der Waals surface area contributed by atoms with Crippen LogP contribution in [0.4, 0.5) is 5.82 Å². The second-order valence-corrected chi connectivity index (χ2v) is 8.08. The van der Waals surface area contributed by atoms with E-state index < -0.39 is 0 Å². The van der Waals surface area contributed by atoms with Crippen molar-refractivity contribution >= 4 is 11.7 Å². The zero-order valence-electron chi connectivity index (χ0n) is 16.2. The third-order valence-electron chi connectivity index (χ3n) is 5.83. The summed E-state index contributed by atoms with van der Waals surface area (Å²) < 4.78 is 1.87.